The zero-order valence-corrected chi connectivity index (χ0v) is 11.6. The Morgan fingerprint density at radius 2 is 2.17 bits per heavy atom. The minimum atomic E-state index is -0.926. The Bertz CT molecular complexity index is 421. The summed E-state index contributed by atoms with van der Waals surface area (Å²) < 4.78 is 0. The summed E-state index contributed by atoms with van der Waals surface area (Å²) in [7, 11) is 0. The highest BCUT2D eigenvalue weighted by atomic mass is 35.5. The van der Waals surface area contributed by atoms with E-state index in [0.29, 0.717) is 11.6 Å². The van der Waals surface area contributed by atoms with Crippen LogP contribution in [0.1, 0.15) is 20.8 Å². The summed E-state index contributed by atoms with van der Waals surface area (Å²) in [4.78, 5) is 10.9. The maximum atomic E-state index is 10.9. The zero-order valence-electron chi connectivity index (χ0n) is 10.8. The van der Waals surface area contributed by atoms with Gasteiger partial charge in [-0.2, -0.15) is 0 Å². The summed E-state index contributed by atoms with van der Waals surface area (Å²) in [6.07, 6.45) is 0. The number of benzene rings is 1. The van der Waals surface area contributed by atoms with Gasteiger partial charge in [0.2, 0.25) is 0 Å². The normalized spacial score (nSPS) is 13.1. The molecule has 0 spiro atoms. The van der Waals surface area contributed by atoms with E-state index in [-0.39, 0.29) is 6.04 Å². The van der Waals surface area contributed by atoms with Crippen LogP contribution in [0.3, 0.4) is 0 Å². The largest absolute Gasteiger partial charge is 0.480 e. The van der Waals surface area contributed by atoms with Gasteiger partial charge in [-0.15, -0.1) is 0 Å². The van der Waals surface area contributed by atoms with Gasteiger partial charge < -0.3 is 15.7 Å². The molecule has 18 heavy (non-hydrogen) atoms. The van der Waals surface area contributed by atoms with Gasteiger partial charge in [0.05, 0.1) is 0 Å². The number of nitrogens with one attached hydrogen (secondary N) is 2. The Hall–Kier alpha value is -1.26. The highest BCUT2D eigenvalue weighted by molar-refractivity contribution is 6.30. The lowest BCUT2D eigenvalue weighted by molar-refractivity contribution is -0.143. The Labute approximate surface area is 112 Å². The third kappa shape index (κ3) is 4.55. The van der Waals surface area contributed by atoms with Gasteiger partial charge in [0.15, 0.2) is 0 Å². The number of rotatable bonds is 6. The van der Waals surface area contributed by atoms with E-state index >= 15 is 0 Å². The second-order valence-electron chi connectivity index (χ2n) is 4.87. The predicted octanol–water partition coefficient (Wildman–Crippen LogP) is 2.59. The minimum absolute atomic E-state index is 0.0992. The highest BCUT2D eigenvalue weighted by Crippen LogP contribution is 2.15. The lowest BCUT2D eigenvalue weighted by Gasteiger charge is -2.24. The molecule has 0 radical (unpaired) electrons. The molecule has 0 fully saturated rings. The van der Waals surface area contributed by atoms with Crippen molar-refractivity contribution in [2.75, 3.05) is 11.9 Å². The molecule has 0 amide bonds. The first-order valence-electron chi connectivity index (χ1n) is 5.82. The van der Waals surface area contributed by atoms with E-state index in [4.69, 9.17) is 16.7 Å². The fourth-order valence-corrected chi connectivity index (χ4v) is 1.59. The first-order chi connectivity index (χ1) is 8.31. The number of carboxylic acid groups (broad SMARTS) is 1. The predicted molar refractivity (Wildman–Crippen MR) is 74.3 cm³/mol. The van der Waals surface area contributed by atoms with Crippen LogP contribution in [-0.2, 0) is 4.79 Å². The van der Waals surface area contributed by atoms with E-state index < -0.39 is 11.5 Å². The minimum Gasteiger partial charge on any atom is -0.480 e. The molecule has 0 aliphatic rings. The van der Waals surface area contributed by atoms with E-state index in [9.17, 15) is 4.79 Å². The fourth-order valence-electron chi connectivity index (χ4n) is 1.40. The van der Waals surface area contributed by atoms with Crippen LogP contribution in [0.25, 0.3) is 0 Å². The molecule has 3 N–H and O–H groups in total. The second kappa shape index (κ2) is 6.07. The standard InChI is InChI=1S/C13H19ClN2O2/c1-9(8-15-13(2,3)12(17)18)16-11-6-4-5-10(14)7-11/h4-7,9,15-16H,8H2,1-3H3,(H,17,18)/t9-/m1/s1. The van der Waals surface area contributed by atoms with Crippen molar-refractivity contribution in [2.24, 2.45) is 0 Å². The van der Waals surface area contributed by atoms with Crippen molar-refractivity contribution in [3.05, 3.63) is 29.3 Å². The fraction of sp³-hybridized carbons (Fsp3) is 0.462. The maximum absolute atomic E-state index is 10.9. The lowest BCUT2D eigenvalue weighted by atomic mass is 10.1. The maximum Gasteiger partial charge on any atom is 0.323 e. The summed E-state index contributed by atoms with van der Waals surface area (Å²) >= 11 is 5.89. The molecule has 5 heteroatoms. The van der Waals surface area contributed by atoms with Gasteiger partial charge in [-0.25, -0.2) is 0 Å². The first kappa shape index (κ1) is 14.8. The van der Waals surface area contributed by atoms with Crippen LogP contribution < -0.4 is 10.6 Å². The van der Waals surface area contributed by atoms with Gasteiger partial charge in [-0.3, -0.25) is 4.79 Å². The molecule has 1 aromatic carbocycles. The molecule has 0 unspecified atom stereocenters. The van der Waals surface area contributed by atoms with Crippen molar-refractivity contribution < 1.29 is 9.90 Å². The summed E-state index contributed by atoms with van der Waals surface area (Å²) in [6, 6.07) is 7.53. The molecule has 0 saturated carbocycles. The molecule has 1 aromatic rings. The Balaban J connectivity index is 2.47. The number of hydrogen-bond acceptors (Lipinski definition) is 3. The molecular weight excluding hydrogens is 252 g/mol. The van der Waals surface area contributed by atoms with Gasteiger partial charge in [-0.1, -0.05) is 17.7 Å². The van der Waals surface area contributed by atoms with Gasteiger partial charge in [0.25, 0.3) is 0 Å². The van der Waals surface area contributed by atoms with Crippen molar-refractivity contribution in [1.29, 1.82) is 0 Å². The average molecular weight is 271 g/mol. The van der Waals surface area contributed by atoms with Crippen molar-refractivity contribution in [1.82, 2.24) is 5.32 Å². The first-order valence-corrected chi connectivity index (χ1v) is 6.19. The van der Waals surface area contributed by atoms with Crippen LogP contribution >= 0.6 is 11.6 Å². The summed E-state index contributed by atoms with van der Waals surface area (Å²) in [5, 5.41) is 15.9. The number of halogens is 1. The summed E-state index contributed by atoms with van der Waals surface area (Å²) in [6.45, 7) is 5.81. The summed E-state index contributed by atoms with van der Waals surface area (Å²) in [5.74, 6) is -0.863. The molecule has 0 bridgehead atoms. The quantitative estimate of drug-likeness (QED) is 0.744. The summed E-state index contributed by atoms with van der Waals surface area (Å²) in [5.41, 5.74) is -0.00508. The molecular formula is C13H19ClN2O2. The number of anilines is 1. The number of carboxylic acids is 1. The Morgan fingerprint density at radius 3 is 2.72 bits per heavy atom. The average Bonchev–Trinajstić information content (AvgIpc) is 2.26. The topological polar surface area (TPSA) is 61.4 Å². The van der Waals surface area contributed by atoms with Gasteiger partial charge >= 0.3 is 5.97 Å². The molecule has 1 atom stereocenters. The van der Waals surface area contributed by atoms with Crippen LogP contribution in [0.5, 0.6) is 0 Å². The van der Waals surface area contributed by atoms with E-state index in [1.54, 1.807) is 13.8 Å². The number of hydrogen-bond donors (Lipinski definition) is 3. The molecule has 100 valence electrons. The van der Waals surface area contributed by atoms with Gasteiger partial charge in [0.1, 0.15) is 5.54 Å². The van der Waals surface area contributed by atoms with E-state index in [0.717, 1.165) is 5.69 Å². The van der Waals surface area contributed by atoms with E-state index in [2.05, 4.69) is 10.6 Å². The Kier molecular flexibility index (Phi) is 4.99. The SMILES string of the molecule is C[C@H](CNC(C)(C)C(=O)O)Nc1cccc(Cl)c1. The van der Waals surface area contributed by atoms with Crippen molar-refractivity contribution in [3.63, 3.8) is 0 Å². The molecule has 4 nitrogen and oxygen atoms in total. The van der Waals surface area contributed by atoms with Gasteiger partial charge in [-0.05, 0) is 39.0 Å². The number of aliphatic carboxylic acids is 1. The van der Waals surface area contributed by atoms with Crippen molar-refractivity contribution in [3.8, 4) is 0 Å². The van der Waals surface area contributed by atoms with Crippen LogP contribution in [0, 0.1) is 0 Å². The van der Waals surface area contributed by atoms with Gasteiger partial charge in [0, 0.05) is 23.3 Å². The smallest absolute Gasteiger partial charge is 0.323 e. The molecule has 0 aromatic heterocycles. The van der Waals surface area contributed by atoms with Crippen LogP contribution in [0.4, 0.5) is 5.69 Å². The molecule has 0 saturated heterocycles. The number of carbonyl (C=O) groups is 1. The van der Waals surface area contributed by atoms with Crippen molar-refractivity contribution >= 4 is 23.3 Å². The van der Waals surface area contributed by atoms with Crippen molar-refractivity contribution in [2.45, 2.75) is 32.4 Å². The van der Waals surface area contributed by atoms with E-state index in [1.807, 2.05) is 31.2 Å². The molecule has 1 rings (SSSR count). The second-order valence-corrected chi connectivity index (χ2v) is 5.30. The van der Waals surface area contributed by atoms with Crippen LogP contribution in [0.15, 0.2) is 24.3 Å². The molecule has 0 aliphatic heterocycles. The lowest BCUT2D eigenvalue weighted by Crippen LogP contribution is -2.50. The third-order valence-electron chi connectivity index (χ3n) is 2.62. The third-order valence-corrected chi connectivity index (χ3v) is 2.86. The monoisotopic (exact) mass is 270 g/mol. The Morgan fingerprint density at radius 1 is 1.50 bits per heavy atom. The molecule has 0 heterocycles. The van der Waals surface area contributed by atoms with Crippen LogP contribution in [-0.4, -0.2) is 29.2 Å². The van der Waals surface area contributed by atoms with Crippen LogP contribution in [0.2, 0.25) is 5.02 Å². The zero-order chi connectivity index (χ0) is 13.8. The highest BCUT2D eigenvalue weighted by Gasteiger charge is 2.26. The molecule has 0 aliphatic carbocycles. The van der Waals surface area contributed by atoms with E-state index in [1.165, 1.54) is 0 Å².